The highest BCUT2D eigenvalue weighted by atomic mass is 35.5. The lowest BCUT2D eigenvalue weighted by Gasteiger charge is -2.06. The third-order valence-corrected chi connectivity index (χ3v) is 3.24. The van der Waals surface area contributed by atoms with Gasteiger partial charge in [0.05, 0.1) is 25.7 Å². The van der Waals surface area contributed by atoms with Crippen LogP contribution in [0.4, 0.5) is 5.69 Å². The molecule has 2 nitrogen and oxygen atoms in total. The summed E-state index contributed by atoms with van der Waals surface area (Å²) in [5, 5.41) is 11.2. The van der Waals surface area contributed by atoms with Crippen molar-refractivity contribution in [2.24, 2.45) is 0 Å². The van der Waals surface area contributed by atoms with Crippen LogP contribution in [0.3, 0.4) is 0 Å². The number of rotatable bonds is 1. The number of anilines is 1. The van der Waals surface area contributed by atoms with Gasteiger partial charge in [-0.3, -0.25) is 0 Å². The predicted octanol–water partition coefficient (Wildman–Crippen LogP) is 3.80. The summed E-state index contributed by atoms with van der Waals surface area (Å²) in [6.45, 7) is 0. The maximum absolute atomic E-state index is 8.46. The van der Waals surface area contributed by atoms with Crippen molar-refractivity contribution in [2.75, 3.05) is 5.73 Å². The normalized spacial score (nSPS) is 9.69. The molecule has 0 saturated heterocycles. The second kappa shape index (κ2) is 4.30. The van der Waals surface area contributed by atoms with E-state index in [0.29, 0.717) is 14.9 Å². The van der Waals surface area contributed by atoms with Gasteiger partial charge in [0, 0.05) is 0 Å². The zero-order valence-corrected chi connectivity index (χ0v) is 9.23. The standard InChI is InChI=1S/C7H3Cl3N2S/c8-3-1-4(9)6(12)7(5(3)10)13-2-11/h1H,12H2. The van der Waals surface area contributed by atoms with E-state index in [1.165, 1.54) is 6.07 Å². The minimum atomic E-state index is 0.259. The van der Waals surface area contributed by atoms with Crippen LogP contribution in [0.2, 0.25) is 15.1 Å². The van der Waals surface area contributed by atoms with Gasteiger partial charge in [-0.25, -0.2) is 0 Å². The van der Waals surface area contributed by atoms with Crippen LogP contribution in [0, 0.1) is 10.7 Å². The summed E-state index contributed by atoms with van der Waals surface area (Å²) in [5.74, 6) is 0. The van der Waals surface area contributed by atoms with Crippen molar-refractivity contribution < 1.29 is 0 Å². The Labute approximate surface area is 94.6 Å². The van der Waals surface area contributed by atoms with Crippen molar-refractivity contribution in [1.82, 2.24) is 0 Å². The zero-order chi connectivity index (χ0) is 10.0. The van der Waals surface area contributed by atoms with Gasteiger partial charge in [0.1, 0.15) is 5.40 Å². The zero-order valence-electron chi connectivity index (χ0n) is 6.14. The van der Waals surface area contributed by atoms with Crippen LogP contribution in [-0.4, -0.2) is 0 Å². The summed E-state index contributed by atoms with van der Waals surface area (Å²) in [5.41, 5.74) is 5.87. The molecule has 0 aliphatic rings. The van der Waals surface area contributed by atoms with Crippen LogP contribution in [0.1, 0.15) is 0 Å². The maximum atomic E-state index is 8.46. The lowest BCUT2D eigenvalue weighted by atomic mass is 10.3. The summed E-state index contributed by atoms with van der Waals surface area (Å²) in [6, 6.07) is 1.45. The molecule has 0 heterocycles. The van der Waals surface area contributed by atoms with Crippen molar-refractivity contribution in [3.63, 3.8) is 0 Å². The molecule has 2 N–H and O–H groups in total. The van der Waals surface area contributed by atoms with Gasteiger partial charge >= 0.3 is 0 Å². The molecule has 0 radical (unpaired) electrons. The highest BCUT2D eigenvalue weighted by Crippen LogP contribution is 2.41. The van der Waals surface area contributed by atoms with Crippen molar-refractivity contribution in [3.8, 4) is 5.40 Å². The molecule has 0 aliphatic heterocycles. The highest BCUT2D eigenvalue weighted by molar-refractivity contribution is 8.04. The molecule has 0 aliphatic carbocycles. The first-order chi connectivity index (χ1) is 6.07. The summed E-state index contributed by atoms with van der Waals surface area (Å²) < 4.78 is 0. The van der Waals surface area contributed by atoms with Crippen molar-refractivity contribution >= 4 is 52.3 Å². The SMILES string of the molecule is N#CSc1c(N)c(Cl)cc(Cl)c1Cl. The van der Waals surface area contributed by atoms with Gasteiger partial charge in [0.15, 0.2) is 0 Å². The first kappa shape index (κ1) is 10.8. The molecule has 13 heavy (non-hydrogen) atoms. The topological polar surface area (TPSA) is 49.8 Å². The van der Waals surface area contributed by atoms with Gasteiger partial charge in [-0.05, 0) is 17.8 Å². The van der Waals surface area contributed by atoms with Crippen LogP contribution >= 0.6 is 46.6 Å². The van der Waals surface area contributed by atoms with Crippen molar-refractivity contribution in [1.29, 1.82) is 5.26 Å². The Morgan fingerprint density at radius 3 is 2.46 bits per heavy atom. The van der Waals surface area contributed by atoms with Crippen LogP contribution in [0.5, 0.6) is 0 Å². The number of nitrogens with two attached hydrogens (primary N) is 1. The van der Waals surface area contributed by atoms with E-state index >= 15 is 0 Å². The Hall–Kier alpha value is -0.270. The average Bonchev–Trinajstić information content (AvgIpc) is 2.09. The Kier molecular flexibility index (Phi) is 3.57. The quantitative estimate of drug-likeness (QED) is 0.358. The van der Waals surface area contributed by atoms with Gasteiger partial charge in [-0.2, -0.15) is 5.26 Å². The largest absolute Gasteiger partial charge is 0.397 e. The van der Waals surface area contributed by atoms with E-state index in [0.717, 1.165) is 11.8 Å². The summed E-state index contributed by atoms with van der Waals surface area (Å²) in [6.07, 6.45) is 0. The molecule has 6 heteroatoms. The molecule has 0 bridgehead atoms. The second-order valence-electron chi connectivity index (χ2n) is 2.09. The van der Waals surface area contributed by atoms with Crippen molar-refractivity contribution in [2.45, 2.75) is 4.90 Å². The average molecular weight is 254 g/mol. The smallest absolute Gasteiger partial charge is 0.138 e. The molecule has 0 fully saturated rings. The number of nitriles is 1. The fourth-order valence-electron chi connectivity index (χ4n) is 0.733. The number of hydrogen-bond donors (Lipinski definition) is 1. The van der Waals surface area contributed by atoms with Crippen LogP contribution in [-0.2, 0) is 0 Å². The molecule has 0 amide bonds. The van der Waals surface area contributed by atoms with Gasteiger partial charge in [0.2, 0.25) is 0 Å². The highest BCUT2D eigenvalue weighted by Gasteiger charge is 2.13. The fraction of sp³-hybridized carbons (Fsp3) is 0. The predicted molar refractivity (Wildman–Crippen MR) is 57.4 cm³/mol. The molecule has 0 atom stereocenters. The van der Waals surface area contributed by atoms with Gasteiger partial charge in [-0.1, -0.05) is 34.8 Å². The first-order valence-electron chi connectivity index (χ1n) is 3.06. The summed E-state index contributed by atoms with van der Waals surface area (Å²) in [7, 11) is 0. The van der Waals surface area contributed by atoms with E-state index in [2.05, 4.69) is 0 Å². The molecule has 0 aromatic heterocycles. The lowest BCUT2D eigenvalue weighted by molar-refractivity contribution is 1.46. The fourth-order valence-corrected chi connectivity index (χ4v) is 2.09. The van der Waals surface area contributed by atoms with Crippen LogP contribution in [0.15, 0.2) is 11.0 Å². The molecule has 0 saturated carbocycles. The molecular formula is C7H3Cl3N2S. The van der Waals surface area contributed by atoms with E-state index in [1.54, 1.807) is 0 Å². The molecule has 1 rings (SSSR count). The molecule has 1 aromatic carbocycles. The van der Waals surface area contributed by atoms with E-state index in [4.69, 9.17) is 45.8 Å². The third-order valence-electron chi connectivity index (χ3n) is 1.31. The molecule has 1 aromatic rings. The summed E-state index contributed by atoms with van der Waals surface area (Å²) >= 11 is 18.1. The molecule has 0 spiro atoms. The lowest BCUT2D eigenvalue weighted by Crippen LogP contribution is -1.90. The molecular weight excluding hydrogens is 251 g/mol. The minimum Gasteiger partial charge on any atom is -0.397 e. The van der Waals surface area contributed by atoms with Crippen LogP contribution < -0.4 is 5.73 Å². The number of thiocyanates is 1. The van der Waals surface area contributed by atoms with E-state index in [9.17, 15) is 0 Å². The maximum Gasteiger partial charge on any atom is 0.138 e. The number of hydrogen-bond acceptors (Lipinski definition) is 3. The molecule has 0 unspecified atom stereocenters. The van der Waals surface area contributed by atoms with E-state index in [1.807, 2.05) is 5.40 Å². The van der Waals surface area contributed by atoms with Gasteiger partial charge < -0.3 is 5.73 Å². The minimum absolute atomic E-state index is 0.259. The number of halogens is 3. The third kappa shape index (κ3) is 2.15. The van der Waals surface area contributed by atoms with E-state index < -0.39 is 0 Å². The number of nitrogens with zero attached hydrogens (tertiary/aromatic N) is 1. The monoisotopic (exact) mass is 252 g/mol. The summed E-state index contributed by atoms with van der Waals surface area (Å²) in [4.78, 5) is 0.404. The number of thioether (sulfide) groups is 1. The Morgan fingerprint density at radius 2 is 1.92 bits per heavy atom. The number of nitrogen functional groups attached to an aromatic ring is 1. The molecule has 68 valence electrons. The van der Waals surface area contributed by atoms with Crippen LogP contribution in [0.25, 0.3) is 0 Å². The Morgan fingerprint density at radius 1 is 1.31 bits per heavy atom. The Balaban J connectivity index is 3.39. The first-order valence-corrected chi connectivity index (χ1v) is 5.02. The van der Waals surface area contributed by atoms with Crippen molar-refractivity contribution in [3.05, 3.63) is 21.1 Å². The number of benzene rings is 1. The van der Waals surface area contributed by atoms with Gasteiger partial charge in [0.25, 0.3) is 0 Å². The van der Waals surface area contributed by atoms with E-state index in [-0.39, 0.29) is 10.7 Å². The second-order valence-corrected chi connectivity index (χ2v) is 4.08. The van der Waals surface area contributed by atoms with Gasteiger partial charge in [-0.15, -0.1) is 0 Å². The Bertz CT molecular complexity index is 360.